The van der Waals surface area contributed by atoms with Gasteiger partial charge in [0.2, 0.25) is 6.79 Å². The van der Waals surface area contributed by atoms with Crippen LogP contribution in [-0.4, -0.2) is 61.1 Å². The quantitative estimate of drug-likeness (QED) is 0.482. The summed E-state index contributed by atoms with van der Waals surface area (Å²) >= 11 is 0. The van der Waals surface area contributed by atoms with Crippen molar-refractivity contribution in [3.05, 3.63) is 89.0 Å². The van der Waals surface area contributed by atoms with Crippen LogP contribution in [0.2, 0.25) is 0 Å². The molecule has 5 atom stereocenters. The van der Waals surface area contributed by atoms with Crippen LogP contribution in [0.1, 0.15) is 33.5 Å². The lowest BCUT2D eigenvalue weighted by Crippen LogP contribution is -2.64. The predicted octanol–water partition coefficient (Wildman–Crippen LogP) is 3.86. The summed E-state index contributed by atoms with van der Waals surface area (Å²) in [6, 6.07) is 18.8. The molecule has 1 unspecified atom stereocenters. The van der Waals surface area contributed by atoms with E-state index in [0.29, 0.717) is 23.9 Å². The maximum absolute atomic E-state index is 13.4. The smallest absolute Gasteiger partial charge is 0.255 e. The second-order valence-corrected chi connectivity index (χ2v) is 11.7. The van der Waals surface area contributed by atoms with Crippen molar-refractivity contribution in [2.75, 3.05) is 26.9 Å². The molecular formula is C33H32N2O5. The zero-order chi connectivity index (χ0) is 27.0. The molecule has 1 amide bonds. The van der Waals surface area contributed by atoms with E-state index in [9.17, 15) is 9.90 Å². The number of carbonyl (C=O) groups excluding carboxylic acids is 1. The summed E-state index contributed by atoms with van der Waals surface area (Å²) in [7, 11) is 2.19. The molecule has 2 aliphatic carbocycles. The SMILES string of the molecule is CN1CC[C@]23c4c5ccc(C(=O)NCCc6ccc(-c7ccc8c(c7)OCO8)cc6)c4OC2[C@@H](O)C=C[C@H]3[C@H]1C5. The maximum Gasteiger partial charge on any atom is 0.255 e. The van der Waals surface area contributed by atoms with Gasteiger partial charge in [0, 0.05) is 29.5 Å². The molecule has 3 heterocycles. The number of likely N-dealkylation sites (N-methyl/N-ethyl adjacent to an activating group) is 1. The molecule has 1 spiro atoms. The van der Waals surface area contributed by atoms with Gasteiger partial charge in [-0.2, -0.15) is 0 Å². The van der Waals surface area contributed by atoms with E-state index in [4.69, 9.17) is 14.2 Å². The van der Waals surface area contributed by atoms with E-state index < -0.39 is 6.10 Å². The molecule has 40 heavy (non-hydrogen) atoms. The van der Waals surface area contributed by atoms with Crippen LogP contribution < -0.4 is 19.5 Å². The summed E-state index contributed by atoms with van der Waals surface area (Å²) in [5.74, 6) is 2.39. The Morgan fingerprint density at radius 2 is 1.88 bits per heavy atom. The Labute approximate surface area is 233 Å². The summed E-state index contributed by atoms with van der Waals surface area (Å²) in [5.41, 5.74) is 6.07. The number of likely N-dealkylation sites (tertiary alicyclic amines) is 1. The van der Waals surface area contributed by atoms with Gasteiger partial charge in [-0.05, 0) is 73.3 Å². The molecule has 0 radical (unpaired) electrons. The zero-order valence-electron chi connectivity index (χ0n) is 22.4. The fourth-order valence-electron chi connectivity index (χ4n) is 7.79. The number of aliphatic hydroxyl groups is 1. The third kappa shape index (κ3) is 3.40. The molecule has 3 aliphatic heterocycles. The Morgan fingerprint density at radius 3 is 2.75 bits per heavy atom. The lowest BCUT2D eigenvalue weighted by Gasteiger charge is -2.56. The largest absolute Gasteiger partial charge is 0.485 e. The predicted molar refractivity (Wildman–Crippen MR) is 150 cm³/mol. The second-order valence-electron chi connectivity index (χ2n) is 11.7. The fourth-order valence-corrected chi connectivity index (χ4v) is 7.79. The molecule has 2 N–H and O–H groups in total. The maximum atomic E-state index is 13.4. The van der Waals surface area contributed by atoms with Crippen molar-refractivity contribution in [1.82, 2.24) is 10.2 Å². The standard InChI is InChI=1S/C33H32N2O5/c1-35-15-13-33-24-9-10-26(36)31(33)40-30-23(8-6-22(29(30)33)16-25(24)35)32(37)34-14-12-19-2-4-20(5-3-19)21-7-11-27-28(17-21)39-18-38-27/h2-11,17,24-26,31,36H,12-16,18H2,1H3,(H,34,37)/t24-,25+,26-,31?,33-/m0/s1. The lowest BCUT2D eigenvalue weighted by molar-refractivity contribution is -0.0451. The van der Waals surface area contributed by atoms with Gasteiger partial charge >= 0.3 is 0 Å². The lowest BCUT2D eigenvalue weighted by atomic mass is 9.53. The van der Waals surface area contributed by atoms with E-state index in [-0.39, 0.29) is 30.1 Å². The van der Waals surface area contributed by atoms with Gasteiger partial charge in [-0.1, -0.05) is 48.6 Å². The van der Waals surface area contributed by atoms with Crippen molar-refractivity contribution in [1.29, 1.82) is 0 Å². The third-order valence-electron chi connectivity index (χ3n) is 9.77. The van der Waals surface area contributed by atoms with Crippen LogP contribution in [-0.2, 0) is 18.3 Å². The Hall–Kier alpha value is -3.81. The van der Waals surface area contributed by atoms with E-state index >= 15 is 0 Å². The second kappa shape index (κ2) is 8.85. The molecule has 7 heteroatoms. The number of hydrogen-bond donors (Lipinski definition) is 2. The van der Waals surface area contributed by atoms with E-state index in [1.165, 1.54) is 11.1 Å². The summed E-state index contributed by atoms with van der Waals surface area (Å²) in [4.78, 5) is 15.9. The first-order valence-electron chi connectivity index (χ1n) is 14.2. The summed E-state index contributed by atoms with van der Waals surface area (Å²) < 4.78 is 17.4. The van der Waals surface area contributed by atoms with Crippen LogP contribution in [0, 0.1) is 5.92 Å². The number of rotatable bonds is 5. The van der Waals surface area contributed by atoms with Gasteiger partial charge in [0.15, 0.2) is 11.5 Å². The molecule has 5 aliphatic rings. The van der Waals surface area contributed by atoms with Crippen LogP contribution in [0.5, 0.6) is 17.2 Å². The monoisotopic (exact) mass is 536 g/mol. The van der Waals surface area contributed by atoms with Crippen LogP contribution in [0.15, 0.2) is 66.7 Å². The van der Waals surface area contributed by atoms with E-state index in [1.807, 2.05) is 30.3 Å². The molecule has 204 valence electrons. The van der Waals surface area contributed by atoms with Crippen molar-refractivity contribution in [2.45, 2.75) is 42.9 Å². The summed E-state index contributed by atoms with van der Waals surface area (Å²) in [6.07, 6.45) is 5.66. The van der Waals surface area contributed by atoms with Crippen molar-refractivity contribution in [3.8, 4) is 28.4 Å². The minimum atomic E-state index is -0.671. The van der Waals surface area contributed by atoms with Crippen LogP contribution in [0.3, 0.4) is 0 Å². The van der Waals surface area contributed by atoms with Crippen molar-refractivity contribution in [2.24, 2.45) is 5.92 Å². The highest BCUT2D eigenvalue weighted by Crippen LogP contribution is 2.61. The van der Waals surface area contributed by atoms with E-state index in [2.05, 4.69) is 53.7 Å². The van der Waals surface area contributed by atoms with Gasteiger partial charge < -0.3 is 29.5 Å². The summed E-state index contributed by atoms with van der Waals surface area (Å²) in [5, 5.41) is 14.1. The highest BCUT2D eigenvalue weighted by molar-refractivity contribution is 5.98. The number of ether oxygens (including phenoxy) is 3. The minimum absolute atomic E-state index is 0.126. The number of aliphatic hydroxyl groups excluding tert-OH is 1. The third-order valence-corrected chi connectivity index (χ3v) is 9.77. The first kappa shape index (κ1) is 24.0. The topological polar surface area (TPSA) is 80.3 Å². The summed E-state index contributed by atoms with van der Waals surface area (Å²) in [6.45, 7) is 1.75. The average molecular weight is 537 g/mol. The molecule has 1 fully saturated rings. The molecule has 3 aromatic carbocycles. The normalized spacial score (nSPS) is 28.6. The van der Waals surface area contributed by atoms with Crippen LogP contribution in [0.25, 0.3) is 11.1 Å². The number of benzene rings is 3. The number of fused-ring (bicyclic) bond motifs is 1. The average Bonchev–Trinajstić information content (AvgIpc) is 3.58. The number of hydrogen-bond acceptors (Lipinski definition) is 6. The molecule has 3 aromatic rings. The minimum Gasteiger partial charge on any atom is -0.485 e. The zero-order valence-corrected chi connectivity index (χ0v) is 22.4. The number of nitrogens with one attached hydrogen (secondary N) is 1. The Balaban J connectivity index is 0.993. The molecule has 1 saturated heterocycles. The van der Waals surface area contributed by atoms with E-state index in [1.54, 1.807) is 0 Å². The van der Waals surface area contributed by atoms with Gasteiger partial charge in [-0.15, -0.1) is 0 Å². The number of carbonyl (C=O) groups is 1. The van der Waals surface area contributed by atoms with Crippen molar-refractivity contribution in [3.63, 3.8) is 0 Å². The Morgan fingerprint density at radius 1 is 1.05 bits per heavy atom. The first-order chi connectivity index (χ1) is 19.5. The molecule has 8 rings (SSSR count). The molecule has 0 aromatic heterocycles. The molecular weight excluding hydrogens is 504 g/mol. The highest BCUT2D eigenvalue weighted by atomic mass is 16.7. The van der Waals surface area contributed by atoms with Crippen LogP contribution in [0.4, 0.5) is 0 Å². The number of amides is 1. The van der Waals surface area contributed by atoms with Gasteiger partial charge in [0.25, 0.3) is 5.91 Å². The fraction of sp³-hybridized carbons (Fsp3) is 0.364. The number of nitrogens with zero attached hydrogens (tertiary/aromatic N) is 1. The van der Waals surface area contributed by atoms with E-state index in [0.717, 1.165) is 54.0 Å². The number of piperidine rings is 1. The molecule has 2 bridgehead atoms. The Kier molecular flexibility index (Phi) is 5.31. The van der Waals surface area contributed by atoms with Gasteiger partial charge in [0.1, 0.15) is 18.0 Å². The highest BCUT2D eigenvalue weighted by Gasteiger charge is 2.64. The first-order valence-corrected chi connectivity index (χ1v) is 14.2. The molecule has 0 saturated carbocycles. The van der Waals surface area contributed by atoms with Gasteiger partial charge in [-0.25, -0.2) is 0 Å². The van der Waals surface area contributed by atoms with Gasteiger partial charge in [0.05, 0.1) is 5.56 Å². The van der Waals surface area contributed by atoms with Crippen LogP contribution >= 0.6 is 0 Å². The van der Waals surface area contributed by atoms with Gasteiger partial charge in [-0.3, -0.25) is 4.79 Å². The van der Waals surface area contributed by atoms with Crippen molar-refractivity contribution < 1.29 is 24.1 Å². The van der Waals surface area contributed by atoms with Crippen molar-refractivity contribution >= 4 is 5.91 Å². The Bertz CT molecular complexity index is 1550. The molecule has 7 nitrogen and oxygen atoms in total.